The molecule has 1 aromatic carbocycles. The van der Waals surface area contributed by atoms with Crippen molar-refractivity contribution in [3.8, 4) is 0 Å². The van der Waals surface area contributed by atoms with Gasteiger partial charge < -0.3 is 10.2 Å². The van der Waals surface area contributed by atoms with E-state index in [-0.39, 0.29) is 11.7 Å². The molecule has 0 saturated heterocycles. The van der Waals surface area contributed by atoms with Crippen molar-refractivity contribution in [3.05, 3.63) is 71.7 Å². The van der Waals surface area contributed by atoms with E-state index in [1.807, 2.05) is 38.5 Å². The number of anilines is 1. The van der Waals surface area contributed by atoms with Gasteiger partial charge in [0.25, 0.3) is 0 Å². The van der Waals surface area contributed by atoms with Crippen molar-refractivity contribution in [1.82, 2.24) is 10.3 Å². The Hall–Kier alpha value is -2.62. The molecule has 0 unspecified atom stereocenters. The fourth-order valence-corrected chi connectivity index (χ4v) is 3.19. The van der Waals surface area contributed by atoms with Gasteiger partial charge in [0.15, 0.2) is 5.78 Å². The zero-order valence-corrected chi connectivity index (χ0v) is 14.9. The van der Waals surface area contributed by atoms with E-state index < -0.39 is 0 Å². The molecule has 1 aliphatic carbocycles. The van der Waals surface area contributed by atoms with Crippen molar-refractivity contribution in [2.45, 2.75) is 25.2 Å². The molecule has 1 atom stereocenters. The van der Waals surface area contributed by atoms with Crippen molar-refractivity contribution < 1.29 is 4.79 Å². The number of rotatable bonds is 6. The highest BCUT2D eigenvalue weighted by molar-refractivity contribution is 5.92. The van der Waals surface area contributed by atoms with E-state index in [2.05, 4.69) is 39.5 Å². The van der Waals surface area contributed by atoms with E-state index in [1.54, 1.807) is 6.08 Å². The number of allylic oxidation sites excluding steroid dienone is 2. The molecule has 0 spiro atoms. The van der Waals surface area contributed by atoms with Gasteiger partial charge in [0.05, 0.1) is 0 Å². The van der Waals surface area contributed by atoms with E-state index in [4.69, 9.17) is 0 Å². The second kappa shape index (κ2) is 7.97. The fourth-order valence-electron chi connectivity index (χ4n) is 3.19. The first-order valence-corrected chi connectivity index (χ1v) is 8.76. The Morgan fingerprint density at radius 2 is 1.92 bits per heavy atom. The third kappa shape index (κ3) is 4.69. The summed E-state index contributed by atoms with van der Waals surface area (Å²) in [5.74, 6) is 0.458. The third-order valence-electron chi connectivity index (χ3n) is 4.59. The SMILES string of the molecule is CN(C)c1ccc([C@@H]2CC(=O)C=C(NCCc3ccccn3)C2)cc1. The minimum absolute atomic E-state index is 0.202. The monoisotopic (exact) mass is 335 g/mol. The number of nitrogens with zero attached hydrogens (tertiary/aromatic N) is 2. The second-order valence-corrected chi connectivity index (χ2v) is 6.72. The van der Waals surface area contributed by atoms with E-state index in [0.29, 0.717) is 6.42 Å². The molecule has 0 radical (unpaired) electrons. The van der Waals surface area contributed by atoms with Gasteiger partial charge in [-0.2, -0.15) is 0 Å². The Bertz CT molecular complexity index is 735. The van der Waals surface area contributed by atoms with Gasteiger partial charge in [-0.3, -0.25) is 9.78 Å². The van der Waals surface area contributed by atoms with E-state index in [0.717, 1.165) is 30.8 Å². The first-order chi connectivity index (χ1) is 12.1. The van der Waals surface area contributed by atoms with Crippen molar-refractivity contribution >= 4 is 11.5 Å². The standard InChI is InChI=1S/C21H25N3O/c1-24(2)20-8-6-16(7-9-20)17-13-19(15-21(25)14-17)23-12-10-18-5-3-4-11-22-18/h3-9,11,15,17,23H,10,12-14H2,1-2H3/t17-/m0/s1. The fraction of sp³-hybridized carbons (Fsp3) is 0.333. The summed E-state index contributed by atoms with van der Waals surface area (Å²) in [5.41, 5.74) is 4.51. The molecule has 1 heterocycles. The number of carbonyl (C=O) groups is 1. The number of benzene rings is 1. The smallest absolute Gasteiger partial charge is 0.158 e. The second-order valence-electron chi connectivity index (χ2n) is 6.72. The number of pyridine rings is 1. The van der Waals surface area contributed by atoms with E-state index in [1.165, 1.54) is 11.3 Å². The molecule has 4 nitrogen and oxygen atoms in total. The van der Waals surface area contributed by atoms with Crippen molar-refractivity contribution in [3.63, 3.8) is 0 Å². The normalized spacial score (nSPS) is 17.1. The average Bonchev–Trinajstić information content (AvgIpc) is 2.62. The molecule has 1 N–H and O–H groups in total. The van der Waals surface area contributed by atoms with Gasteiger partial charge in [-0.1, -0.05) is 18.2 Å². The first kappa shape index (κ1) is 17.2. The number of aromatic nitrogens is 1. The Morgan fingerprint density at radius 3 is 2.60 bits per heavy atom. The Labute approximate surface area is 149 Å². The summed E-state index contributed by atoms with van der Waals surface area (Å²) in [6, 6.07) is 14.5. The quantitative estimate of drug-likeness (QED) is 0.880. The van der Waals surface area contributed by atoms with Gasteiger partial charge in [-0.15, -0.1) is 0 Å². The van der Waals surface area contributed by atoms with Crippen LogP contribution < -0.4 is 10.2 Å². The Morgan fingerprint density at radius 1 is 1.12 bits per heavy atom. The predicted molar refractivity (Wildman–Crippen MR) is 102 cm³/mol. The van der Waals surface area contributed by atoms with Crippen LogP contribution in [0.2, 0.25) is 0 Å². The summed E-state index contributed by atoms with van der Waals surface area (Å²) >= 11 is 0. The maximum Gasteiger partial charge on any atom is 0.158 e. The number of nitrogens with one attached hydrogen (secondary N) is 1. The molecule has 2 aromatic rings. The molecule has 0 amide bonds. The summed E-state index contributed by atoms with van der Waals surface area (Å²) in [7, 11) is 4.07. The zero-order chi connectivity index (χ0) is 17.6. The van der Waals surface area contributed by atoms with Crippen LogP contribution in [0.25, 0.3) is 0 Å². The van der Waals surface area contributed by atoms with Gasteiger partial charge in [0, 0.05) is 62.8 Å². The maximum atomic E-state index is 12.1. The lowest BCUT2D eigenvalue weighted by Crippen LogP contribution is -2.24. The van der Waals surface area contributed by atoms with Gasteiger partial charge >= 0.3 is 0 Å². The van der Waals surface area contributed by atoms with E-state index in [9.17, 15) is 4.79 Å². The first-order valence-electron chi connectivity index (χ1n) is 8.76. The summed E-state index contributed by atoms with van der Waals surface area (Å²) < 4.78 is 0. The van der Waals surface area contributed by atoms with Crippen molar-refractivity contribution in [1.29, 1.82) is 0 Å². The highest BCUT2D eigenvalue weighted by Crippen LogP contribution is 2.31. The number of hydrogen-bond donors (Lipinski definition) is 1. The highest BCUT2D eigenvalue weighted by Gasteiger charge is 2.22. The molecule has 0 bridgehead atoms. The Kier molecular flexibility index (Phi) is 5.49. The van der Waals surface area contributed by atoms with Crippen LogP contribution in [0.3, 0.4) is 0 Å². The molecule has 0 fully saturated rings. The van der Waals surface area contributed by atoms with Crippen molar-refractivity contribution in [2.75, 3.05) is 25.5 Å². The summed E-state index contributed by atoms with van der Waals surface area (Å²) in [6.07, 6.45) is 5.91. The molecular formula is C21H25N3O. The molecule has 0 saturated carbocycles. The summed E-state index contributed by atoms with van der Waals surface area (Å²) in [4.78, 5) is 18.5. The minimum atomic E-state index is 0.202. The van der Waals surface area contributed by atoms with Gasteiger partial charge in [0.2, 0.25) is 0 Å². The van der Waals surface area contributed by atoms with Crippen molar-refractivity contribution in [2.24, 2.45) is 0 Å². The molecular weight excluding hydrogens is 310 g/mol. The third-order valence-corrected chi connectivity index (χ3v) is 4.59. The lowest BCUT2D eigenvalue weighted by molar-refractivity contribution is -0.115. The number of ketones is 1. The molecule has 3 rings (SSSR count). The molecule has 4 heteroatoms. The van der Waals surface area contributed by atoms with Gasteiger partial charge in [-0.25, -0.2) is 0 Å². The molecule has 130 valence electrons. The predicted octanol–water partition coefficient (Wildman–Crippen LogP) is 3.31. The molecule has 1 aliphatic rings. The summed E-state index contributed by atoms with van der Waals surface area (Å²) in [6.45, 7) is 0.794. The van der Waals surface area contributed by atoms with Crippen LogP contribution >= 0.6 is 0 Å². The van der Waals surface area contributed by atoms with E-state index >= 15 is 0 Å². The molecule has 1 aromatic heterocycles. The molecule has 25 heavy (non-hydrogen) atoms. The van der Waals surface area contributed by atoms with Crippen LogP contribution in [0.5, 0.6) is 0 Å². The van der Waals surface area contributed by atoms with Crippen LogP contribution in [-0.2, 0) is 11.2 Å². The maximum absolute atomic E-state index is 12.1. The van der Waals surface area contributed by atoms with Crippen LogP contribution in [0.15, 0.2) is 60.4 Å². The number of carbonyl (C=O) groups excluding carboxylic acids is 1. The lowest BCUT2D eigenvalue weighted by atomic mass is 9.85. The largest absolute Gasteiger partial charge is 0.388 e. The van der Waals surface area contributed by atoms with Gasteiger partial charge in [0.1, 0.15) is 0 Å². The topological polar surface area (TPSA) is 45.2 Å². The van der Waals surface area contributed by atoms with Crippen LogP contribution in [0, 0.1) is 0 Å². The molecule has 0 aliphatic heterocycles. The highest BCUT2D eigenvalue weighted by atomic mass is 16.1. The van der Waals surface area contributed by atoms with Crippen LogP contribution in [-0.4, -0.2) is 31.4 Å². The van der Waals surface area contributed by atoms with Crippen LogP contribution in [0.1, 0.15) is 30.0 Å². The Balaban J connectivity index is 1.59. The zero-order valence-electron chi connectivity index (χ0n) is 14.9. The number of hydrogen-bond acceptors (Lipinski definition) is 4. The average molecular weight is 335 g/mol. The lowest BCUT2D eigenvalue weighted by Gasteiger charge is -2.24. The van der Waals surface area contributed by atoms with Gasteiger partial charge in [-0.05, 0) is 42.2 Å². The van der Waals surface area contributed by atoms with Crippen LogP contribution in [0.4, 0.5) is 5.69 Å². The minimum Gasteiger partial charge on any atom is -0.388 e. The summed E-state index contributed by atoms with van der Waals surface area (Å²) in [5, 5.41) is 3.42.